The molecule has 1 fully saturated rings. The highest BCUT2D eigenvalue weighted by atomic mass is 17.3. The minimum absolute atomic E-state index is 0.528. The average Bonchev–Trinajstić information content (AvgIpc) is 2.22. The van der Waals surface area contributed by atoms with E-state index in [9.17, 15) is 0 Å². The molecule has 0 aromatic heterocycles. The third-order valence-corrected chi connectivity index (χ3v) is 2.38. The Morgan fingerprint density at radius 1 is 0.800 bits per heavy atom. The van der Waals surface area contributed by atoms with Gasteiger partial charge in [-0.05, 0) is 25.7 Å². The van der Waals surface area contributed by atoms with Gasteiger partial charge in [-0.2, -0.15) is 9.78 Å². The van der Waals surface area contributed by atoms with Crippen LogP contribution in [0.4, 0.5) is 0 Å². The molecule has 2 atom stereocenters. The van der Waals surface area contributed by atoms with Gasteiger partial charge in [0.2, 0.25) is 11.6 Å². The summed E-state index contributed by atoms with van der Waals surface area (Å²) in [6.45, 7) is 12.5. The van der Waals surface area contributed by atoms with Crippen LogP contribution in [-0.2, 0) is 14.5 Å². The molecule has 1 saturated heterocycles. The van der Waals surface area contributed by atoms with Gasteiger partial charge >= 0.3 is 0 Å². The van der Waals surface area contributed by atoms with E-state index in [-0.39, 0.29) is 0 Å². The minimum atomic E-state index is -0.586. The van der Waals surface area contributed by atoms with Crippen LogP contribution in [-0.4, -0.2) is 11.6 Å². The fourth-order valence-electron chi connectivity index (χ4n) is 2.30. The van der Waals surface area contributed by atoms with E-state index in [0.29, 0.717) is 11.8 Å². The van der Waals surface area contributed by atoms with Gasteiger partial charge in [0.1, 0.15) is 0 Å². The quantitative estimate of drug-likeness (QED) is 0.673. The molecule has 2 unspecified atom stereocenters. The van der Waals surface area contributed by atoms with Gasteiger partial charge in [-0.3, -0.25) is 0 Å². The van der Waals surface area contributed by atoms with Gasteiger partial charge in [-0.1, -0.05) is 27.7 Å². The number of hydrogen-bond acceptors (Lipinski definition) is 3. The maximum atomic E-state index is 5.91. The highest BCUT2D eigenvalue weighted by Gasteiger charge is 2.47. The van der Waals surface area contributed by atoms with Gasteiger partial charge in [0.05, 0.1) is 0 Å². The van der Waals surface area contributed by atoms with E-state index in [1.165, 1.54) is 0 Å². The molecule has 0 radical (unpaired) electrons. The average molecular weight is 216 g/mol. The highest BCUT2D eigenvalue weighted by Crippen LogP contribution is 2.39. The Morgan fingerprint density at radius 3 is 1.40 bits per heavy atom. The van der Waals surface area contributed by atoms with Gasteiger partial charge in [0.15, 0.2) is 0 Å². The lowest BCUT2D eigenvalue weighted by atomic mass is 10.0. The van der Waals surface area contributed by atoms with Crippen molar-refractivity contribution in [3.8, 4) is 0 Å². The van der Waals surface area contributed by atoms with Crippen LogP contribution >= 0.6 is 0 Å². The van der Waals surface area contributed by atoms with Crippen LogP contribution in [0.15, 0.2) is 0 Å². The van der Waals surface area contributed by atoms with Gasteiger partial charge in [0.25, 0.3) is 0 Å². The van der Waals surface area contributed by atoms with Crippen LogP contribution in [0.5, 0.6) is 0 Å². The summed E-state index contributed by atoms with van der Waals surface area (Å²) in [6, 6.07) is 0. The van der Waals surface area contributed by atoms with E-state index < -0.39 is 11.6 Å². The highest BCUT2D eigenvalue weighted by molar-refractivity contribution is 4.76. The second-order valence-corrected chi connectivity index (χ2v) is 5.73. The van der Waals surface area contributed by atoms with E-state index in [1.54, 1.807) is 0 Å². The van der Waals surface area contributed by atoms with Crippen molar-refractivity contribution >= 4 is 0 Å². The molecule has 15 heavy (non-hydrogen) atoms. The standard InChI is InChI=1S/C12H24O3/c1-9(2)7-11(5)13-12(6,15-14-11)8-10(3)4/h9-10H,7-8H2,1-6H3. The van der Waals surface area contributed by atoms with Gasteiger partial charge < -0.3 is 4.74 Å². The van der Waals surface area contributed by atoms with Crippen LogP contribution in [0, 0.1) is 11.8 Å². The molecule has 3 nitrogen and oxygen atoms in total. The summed E-state index contributed by atoms with van der Waals surface area (Å²) in [5.74, 6) is -0.115. The Bertz CT molecular complexity index is 193. The van der Waals surface area contributed by atoms with Crippen molar-refractivity contribution in [3.63, 3.8) is 0 Å². The number of hydrogen-bond donors (Lipinski definition) is 0. The third-order valence-electron chi connectivity index (χ3n) is 2.38. The summed E-state index contributed by atoms with van der Waals surface area (Å²) in [5.41, 5.74) is 0. The molecule has 0 N–H and O–H groups in total. The van der Waals surface area contributed by atoms with Crippen molar-refractivity contribution in [2.45, 2.75) is 66.0 Å². The second-order valence-electron chi connectivity index (χ2n) is 5.73. The Hall–Kier alpha value is -0.120. The van der Waals surface area contributed by atoms with E-state index in [1.807, 2.05) is 13.8 Å². The summed E-state index contributed by atoms with van der Waals surface area (Å²) in [6.07, 6.45) is 1.70. The van der Waals surface area contributed by atoms with E-state index in [4.69, 9.17) is 14.5 Å². The Kier molecular flexibility index (Phi) is 3.80. The zero-order valence-electron chi connectivity index (χ0n) is 10.8. The monoisotopic (exact) mass is 216 g/mol. The maximum Gasteiger partial charge on any atom is 0.202 e. The van der Waals surface area contributed by atoms with Crippen LogP contribution in [0.25, 0.3) is 0 Å². The number of rotatable bonds is 4. The zero-order chi connectivity index (χ0) is 11.7. The van der Waals surface area contributed by atoms with E-state index in [2.05, 4.69) is 27.7 Å². The SMILES string of the molecule is CC(C)CC1(C)OOC(C)(CC(C)C)O1. The molecule has 1 aliphatic rings. The molecule has 0 aromatic rings. The maximum absolute atomic E-state index is 5.91. The van der Waals surface area contributed by atoms with Crippen molar-refractivity contribution in [3.05, 3.63) is 0 Å². The lowest BCUT2D eigenvalue weighted by molar-refractivity contribution is -0.348. The fourth-order valence-corrected chi connectivity index (χ4v) is 2.30. The fraction of sp³-hybridized carbons (Fsp3) is 1.00. The molecule has 0 aromatic carbocycles. The van der Waals surface area contributed by atoms with E-state index >= 15 is 0 Å². The molecule has 0 bridgehead atoms. The van der Waals surface area contributed by atoms with Crippen molar-refractivity contribution < 1.29 is 14.5 Å². The first-order valence-corrected chi connectivity index (χ1v) is 5.82. The summed E-state index contributed by atoms with van der Waals surface area (Å²) >= 11 is 0. The molecule has 90 valence electrons. The minimum Gasteiger partial charge on any atom is -0.313 e. The molecule has 0 spiro atoms. The Morgan fingerprint density at radius 2 is 1.13 bits per heavy atom. The summed E-state index contributed by atoms with van der Waals surface area (Å²) in [4.78, 5) is 10.7. The summed E-state index contributed by atoms with van der Waals surface area (Å²) in [5, 5.41) is 0. The smallest absolute Gasteiger partial charge is 0.202 e. The topological polar surface area (TPSA) is 27.7 Å². The number of ether oxygens (including phenoxy) is 1. The Labute approximate surface area is 93.0 Å². The van der Waals surface area contributed by atoms with Crippen molar-refractivity contribution in [2.24, 2.45) is 11.8 Å². The molecular formula is C12H24O3. The molecular weight excluding hydrogens is 192 g/mol. The van der Waals surface area contributed by atoms with Crippen LogP contribution in [0.1, 0.15) is 54.4 Å². The zero-order valence-corrected chi connectivity index (χ0v) is 10.8. The predicted octanol–water partition coefficient (Wildman–Crippen LogP) is 3.49. The second kappa shape index (κ2) is 4.40. The first-order valence-electron chi connectivity index (χ1n) is 5.82. The molecule has 0 saturated carbocycles. The lowest BCUT2D eigenvalue weighted by Gasteiger charge is -2.26. The first kappa shape index (κ1) is 12.9. The molecule has 1 rings (SSSR count). The van der Waals surface area contributed by atoms with Crippen molar-refractivity contribution in [2.75, 3.05) is 0 Å². The largest absolute Gasteiger partial charge is 0.313 e. The molecule has 0 amide bonds. The third kappa shape index (κ3) is 3.74. The van der Waals surface area contributed by atoms with Crippen molar-refractivity contribution in [1.29, 1.82) is 0 Å². The molecule has 3 heteroatoms. The van der Waals surface area contributed by atoms with Gasteiger partial charge in [0, 0.05) is 12.8 Å². The van der Waals surface area contributed by atoms with Crippen LogP contribution < -0.4 is 0 Å². The summed E-state index contributed by atoms with van der Waals surface area (Å²) in [7, 11) is 0. The molecule has 1 heterocycles. The first-order chi connectivity index (χ1) is 6.75. The van der Waals surface area contributed by atoms with Gasteiger partial charge in [-0.25, -0.2) is 0 Å². The molecule has 0 aliphatic carbocycles. The van der Waals surface area contributed by atoms with Crippen LogP contribution in [0.3, 0.4) is 0 Å². The Balaban J connectivity index is 2.56. The van der Waals surface area contributed by atoms with E-state index in [0.717, 1.165) is 12.8 Å². The van der Waals surface area contributed by atoms with Crippen LogP contribution in [0.2, 0.25) is 0 Å². The lowest BCUT2D eigenvalue weighted by Crippen LogP contribution is -2.34. The predicted molar refractivity (Wildman–Crippen MR) is 59.0 cm³/mol. The van der Waals surface area contributed by atoms with Gasteiger partial charge in [-0.15, -0.1) is 0 Å². The van der Waals surface area contributed by atoms with Crippen molar-refractivity contribution in [1.82, 2.24) is 0 Å². The molecule has 1 aliphatic heterocycles. The normalized spacial score (nSPS) is 36.8. The summed E-state index contributed by atoms with van der Waals surface area (Å²) < 4.78 is 5.91.